The van der Waals surface area contributed by atoms with Crippen LogP contribution in [0.2, 0.25) is 0 Å². The van der Waals surface area contributed by atoms with Gasteiger partial charge in [0.25, 0.3) is 5.91 Å². The molecule has 1 aliphatic heterocycles. The molecular formula is C26H27N3O3S. The van der Waals surface area contributed by atoms with E-state index in [-0.39, 0.29) is 5.91 Å². The maximum atomic E-state index is 13.9. The van der Waals surface area contributed by atoms with E-state index in [4.69, 9.17) is 14.5 Å². The third-order valence-corrected chi connectivity index (χ3v) is 6.94. The fraction of sp³-hybridized carbons (Fsp3) is 0.308. The van der Waals surface area contributed by atoms with Crippen LogP contribution in [0.15, 0.2) is 60.7 Å². The molecule has 2 heterocycles. The summed E-state index contributed by atoms with van der Waals surface area (Å²) in [6, 6.07) is 19.8. The summed E-state index contributed by atoms with van der Waals surface area (Å²) in [5, 5.41) is 2.73. The summed E-state index contributed by atoms with van der Waals surface area (Å²) in [6.07, 6.45) is 0. The molecule has 3 aromatic carbocycles. The molecule has 1 aromatic heterocycles. The molecule has 1 amide bonds. The van der Waals surface area contributed by atoms with Gasteiger partial charge < -0.3 is 9.47 Å². The molecule has 33 heavy (non-hydrogen) atoms. The Balaban J connectivity index is 1.51. The van der Waals surface area contributed by atoms with E-state index in [9.17, 15) is 4.79 Å². The Morgan fingerprint density at radius 2 is 1.94 bits per heavy atom. The average Bonchev–Trinajstić information content (AvgIpc) is 3.27. The van der Waals surface area contributed by atoms with Gasteiger partial charge in [0.15, 0.2) is 5.13 Å². The number of carbonyl (C=O) groups excluding carboxylic acids is 1. The van der Waals surface area contributed by atoms with Crippen LogP contribution in [0.25, 0.3) is 21.0 Å². The molecule has 1 saturated heterocycles. The minimum atomic E-state index is -0.0239. The lowest BCUT2D eigenvalue weighted by Crippen LogP contribution is -2.43. The van der Waals surface area contributed by atoms with Crippen molar-refractivity contribution in [2.45, 2.75) is 6.92 Å². The van der Waals surface area contributed by atoms with Gasteiger partial charge in [0, 0.05) is 31.7 Å². The van der Waals surface area contributed by atoms with Crippen LogP contribution in [-0.4, -0.2) is 61.8 Å². The molecule has 4 aromatic rings. The van der Waals surface area contributed by atoms with Crippen LogP contribution in [-0.2, 0) is 4.74 Å². The molecule has 0 aliphatic carbocycles. The standard InChI is InChI=1S/C26H27N3O3S/c1-2-32-20-10-11-23-24(18-20)33-26(27-23)29(13-12-28-14-16-31-17-15-28)25(30)22-9-5-7-19-6-3-4-8-21(19)22/h3-11,18H,2,12-17H2,1H3. The van der Waals surface area contributed by atoms with Crippen LogP contribution in [0.3, 0.4) is 0 Å². The van der Waals surface area contributed by atoms with Gasteiger partial charge in [-0.15, -0.1) is 0 Å². The Bertz CT molecular complexity index is 1260. The van der Waals surface area contributed by atoms with Gasteiger partial charge in [0.2, 0.25) is 0 Å². The highest BCUT2D eigenvalue weighted by molar-refractivity contribution is 7.22. The Morgan fingerprint density at radius 3 is 2.79 bits per heavy atom. The number of anilines is 1. The van der Waals surface area contributed by atoms with Crippen LogP contribution in [0, 0.1) is 0 Å². The number of amides is 1. The molecule has 0 spiro atoms. The molecule has 5 rings (SSSR count). The molecular weight excluding hydrogens is 434 g/mol. The summed E-state index contributed by atoms with van der Waals surface area (Å²) in [7, 11) is 0. The Labute approximate surface area is 197 Å². The van der Waals surface area contributed by atoms with Gasteiger partial charge in [-0.3, -0.25) is 14.6 Å². The van der Waals surface area contributed by atoms with Crippen molar-refractivity contribution in [2.75, 3.05) is 50.9 Å². The van der Waals surface area contributed by atoms with Crippen molar-refractivity contribution < 1.29 is 14.3 Å². The summed E-state index contributed by atoms with van der Waals surface area (Å²) in [4.78, 5) is 22.9. The van der Waals surface area contributed by atoms with Crippen LogP contribution in [0.1, 0.15) is 17.3 Å². The Morgan fingerprint density at radius 1 is 1.12 bits per heavy atom. The minimum absolute atomic E-state index is 0.0239. The topological polar surface area (TPSA) is 54.9 Å². The lowest BCUT2D eigenvalue weighted by molar-refractivity contribution is 0.0391. The van der Waals surface area contributed by atoms with Gasteiger partial charge in [0.1, 0.15) is 5.75 Å². The number of ether oxygens (including phenoxy) is 2. The first-order valence-electron chi connectivity index (χ1n) is 11.4. The molecule has 0 atom stereocenters. The number of hydrogen-bond donors (Lipinski definition) is 0. The second kappa shape index (κ2) is 9.87. The summed E-state index contributed by atoms with van der Waals surface area (Å²) in [5.41, 5.74) is 1.57. The van der Waals surface area contributed by atoms with Crippen LogP contribution >= 0.6 is 11.3 Å². The van der Waals surface area contributed by atoms with Crippen molar-refractivity contribution in [1.29, 1.82) is 0 Å². The number of morpholine rings is 1. The molecule has 0 saturated carbocycles. The summed E-state index contributed by atoms with van der Waals surface area (Å²) < 4.78 is 12.2. The van der Waals surface area contributed by atoms with Crippen LogP contribution < -0.4 is 9.64 Å². The first kappa shape index (κ1) is 21.8. The number of fused-ring (bicyclic) bond motifs is 2. The first-order chi connectivity index (χ1) is 16.2. The fourth-order valence-electron chi connectivity index (χ4n) is 4.17. The van der Waals surface area contributed by atoms with E-state index >= 15 is 0 Å². The molecule has 0 N–H and O–H groups in total. The number of thiazole rings is 1. The second-order valence-corrected chi connectivity index (χ2v) is 9.01. The van der Waals surface area contributed by atoms with Gasteiger partial charge in [-0.25, -0.2) is 4.98 Å². The van der Waals surface area contributed by atoms with E-state index in [1.54, 1.807) is 0 Å². The SMILES string of the molecule is CCOc1ccc2nc(N(CCN3CCOCC3)C(=O)c3cccc4ccccc34)sc2c1. The zero-order valence-corrected chi connectivity index (χ0v) is 19.5. The molecule has 1 aliphatic rings. The molecule has 0 radical (unpaired) electrons. The fourth-order valence-corrected chi connectivity index (χ4v) is 5.19. The lowest BCUT2D eigenvalue weighted by atomic mass is 10.0. The summed E-state index contributed by atoms with van der Waals surface area (Å²) >= 11 is 1.53. The number of rotatable bonds is 7. The zero-order chi connectivity index (χ0) is 22.6. The predicted molar refractivity (Wildman–Crippen MR) is 134 cm³/mol. The van der Waals surface area contributed by atoms with E-state index in [0.29, 0.717) is 23.8 Å². The molecule has 0 unspecified atom stereocenters. The Hall–Kier alpha value is -3.00. The van der Waals surface area contributed by atoms with Gasteiger partial charge >= 0.3 is 0 Å². The lowest BCUT2D eigenvalue weighted by Gasteiger charge is -2.29. The maximum Gasteiger partial charge on any atom is 0.260 e. The average molecular weight is 462 g/mol. The molecule has 1 fully saturated rings. The third-order valence-electron chi connectivity index (χ3n) is 5.90. The van der Waals surface area contributed by atoms with Gasteiger partial charge in [-0.1, -0.05) is 47.7 Å². The van der Waals surface area contributed by atoms with Crippen molar-refractivity contribution in [3.05, 3.63) is 66.2 Å². The van der Waals surface area contributed by atoms with Crippen molar-refractivity contribution in [3.8, 4) is 5.75 Å². The van der Waals surface area contributed by atoms with Crippen LogP contribution in [0.4, 0.5) is 5.13 Å². The highest BCUT2D eigenvalue weighted by Crippen LogP contribution is 2.33. The smallest absolute Gasteiger partial charge is 0.260 e. The summed E-state index contributed by atoms with van der Waals surface area (Å²) in [5.74, 6) is 0.796. The minimum Gasteiger partial charge on any atom is -0.494 e. The van der Waals surface area contributed by atoms with Crippen molar-refractivity contribution in [3.63, 3.8) is 0 Å². The molecule has 7 heteroatoms. The van der Waals surface area contributed by atoms with E-state index in [1.165, 1.54) is 11.3 Å². The Kier molecular flexibility index (Phi) is 6.53. The monoisotopic (exact) mass is 461 g/mol. The highest BCUT2D eigenvalue weighted by Gasteiger charge is 2.24. The zero-order valence-electron chi connectivity index (χ0n) is 18.7. The number of carbonyl (C=O) groups is 1. The van der Waals surface area contributed by atoms with E-state index in [2.05, 4.69) is 4.90 Å². The van der Waals surface area contributed by atoms with Gasteiger partial charge in [-0.05, 0) is 42.0 Å². The summed E-state index contributed by atoms with van der Waals surface area (Å²) in [6.45, 7) is 7.17. The number of hydrogen-bond acceptors (Lipinski definition) is 6. The van der Waals surface area contributed by atoms with Gasteiger partial charge in [-0.2, -0.15) is 0 Å². The van der Waals surface area contributed by atoms with Gasteiger partial charge in [0.05, 0.1) is 30.0 Å². The van der Waals surface area contributed by atoms with E-state index in [0.717, 1.165) is 59.6 Å². The third kappa shape index (κ3) is 4.71. The van der Waals surface area contributed by atoms with Crippen molar-refractivity contribution in [1.82, 2.24) is 9.88 Å². The highest BCUT2D eigenvalue weighted by atomic mass is 32.1. The van der Waals surface area contributed by atoms with E-state index < -0.39 is 0 Å². The van der Waals surface area contributed by atoms with Crippen molar-refractivity contribution in [2.24, 2.45) is 0 Å². The first-order valence-corrected chi connectivity index (χ1v) is 12.2. The number of nitrogens with zero attached hydrogens (tertiary/aromatic N) is 3. The number of benzene rings is 3. The molecule has 170 valence electrons. The second-order valence-electron chi connectivity index (χ2n) is 8.00. The largest absolute Gasteiger partial charge is 0.494 e. The molecule has 6 nitrogen and oxygen atoms in total. The maximum absolute atomic E-state index is 13.9. The predicted octanol–water partition coefficient (Wildman–Crippen LogP) is 4.83. The normalized spacial score (nSPS) is 14.6. The number of aromatic nitrogens is 1. The van der Waals surface area contributed by atoms with Crippen molar-refractivity contribution >= 4 is 43.4 Å². The quantitative estimate of drug-likeness (QED) is 0.395. The van der Waals surface area contributed by atoms with Crippen LogP contribution in [0.5, 0.6) is 5.75 Å². The molecule has 0 bridgehead atoms. The van der Waals surface area contributed by atoms with E-state index in [1.807, 2.05) is 72.5 Å².